The minimum absolute atomic E-state index is 0.0198. The maximum atomic E-state index is 11.4. The first-order valence-electron chi connectivity index (χ1n) is 5.74. The molecule has 5 nitrogen and oxygen atoms in total. The van der Waals surface area contributed by atoms with E-state index < -0.39 is 0 Å². The summed E-state index contributed by atoms with van der Waals surface area (Å²) in [5.74, 6) is 0.477. The fourth-order valence-electron chi connectivity index (χ4n) is 1.61. The van der Waals surface area contributed by atoms with Gasteiger partial charge >= 0.3 is 0 Å². The topological polar surface area (TPSA) is 77.2 Å². The van der Waals surface area contributed by atoms with Crippen molar-refractivity contribution in [1.82, 2.24) is 10.3 Å². The molecule has 18 heavy (non-hydrogen) atoms. The van der Waals surface area contributed by atoms with Gasteiger partial charge in [0.25, 0.3) is 5.91 Å². The van der Waals surface area contributed by atoms with E-state index in [-0.39, 0.29) is 12.5 Å². The van der Waals surface area contributed by atoms with Crippen molar-refractivity contribution >= 4 is 16.8 Å². The number of ether oxygens (including phenoxy) is 1. The molecule has 1 amide bonds. The smallest absolute Gasteiger partial charge is 0.257 e. The van der Waals surface area contributed by atoms with Crippen molar-refractivity contribution in [2.24, 2.45) is 5.73 Å². The molecule has 0 radical (unpaired) electrons. The Hall–Kier alpha value is -2.14. The average molecular weight is 245 g/mol. The van der Waals surface area contributed by atoms with E-state index in [1.54, 1.807) is 6.20 Å². The Morgan fingerprint density at radius 3 is 3.06 bits per heavy atom. The molecule has 94 valence electrons. The maximum Gasteiger partial charge on any atom is 0.257 e. The number of pyridine rings is 1. The Kier molecular flexibility index (Phi) is 4.09. The monoisotopic (exact) mass is 245 g/mol. The summed E-state index contributed by atoms with van der Waals surface area (Å²) < 4.78 is 5.49. The Balaban J connectivity index is 2.05. The van der Waals surface area contributed by atoms with Crippen molar-refractivity contribution in [3.05, 3.63) is 36.5 Å². The lowest BCUT2D eigenvalue weighted by Gasteiger charge is -2.08. The molecule has 0 aliphatic carbocycles. The summed E-state index contributed by atoms with van der Waals surface area (Å²) in [6.07, 6.45) is 1.72. The van der Waals surface area contributed by atoms with Crippen LogP contribution in [0.1, 0.15) is 0 Å². The van der Waals surface area contributed by atoms with Gasteiger partial charge in [-0.3, -0.25) is 9.78 Å². The molecule has 0 saturated carbocycles. The van der Waals surface area contributed by atoms with Gasteiger partial charge in [-0.25, -0.2) is 0 Å². The largest absolute Gasteiger partial charge is 0.483 e. The number of hydrogen-bond acceptors (Lipinski definition) is 4. The summed E-state index contributed by atoms with van der Waals surface area (Å²) in [4.78, 5) is 15.6. The summed E-state index contributed by atoms with van der Waals surface area (Å²) in [6, 6.07) is 9.32. The summed E-state index contributed by atoms with van der Waals surface area (Å²) in [7, 11) is 0. The predicted molar refractivity (Wildman–Crippen MR) is 69.3 cm³/mol. The van der Waals surface area contributed by atoms with Crippen LogP contribution < -0.4 is 15.8 Å². The average Bonchev–Trinajstić information content (AvgIpc) is 2.42. The van der Waals surface area contributed by atoms with Gasteiger partial charge in [-0.15, -0.1) is 0 Å². The molecule has 2 aromatic rings. The first-order valence-corrected chi connectivity index (χ1v) is 5.74. The highest BCUT2D eigenvalue weighted by Crippen LogP contribution is 2.23. The molecule has 3 N–H and O–H groups in total. The van der Waals surface area contributed by atoms with E-state index in [1.807, 2.05) is 30.3 Å². The summed E-state index contributed by atoms with van der Waals surface area (Å²) in [5.41, 5.74) is 6.14. The Morgan fingerprint density at radius 1 is 1.33 bits per heavy atom. The number of rotatable bonds is 5. The first kappa shape index (κ1) is 12.3. The molecule has 1 aromatic carbocycles. The van der Waals surface area contributed by atoms with Gasteiger partial charge in [-0.05, 0) is 24.3 Å². The number of benzene rings is 1. The number of hydrogen-bond donors (Lipinski definition) is 2. The van der Waals surface area contributed by atoms with Crippen LogP contribution in [0.5, 0.6) is 5.75 Å². The lowest BCUT2D eigenvalue weighted by Crippen LogP contribution is -2.32. The number of carbonyl (C=O) groups excluding carboxylic acids is 1. The van der Waals surface area contributed by atoms with Crippen LogP contribution in [0.4, 0.5) is 0 Å². The second kappa shape index (κ2) is 5.97. The van der Waals surface area contributed by atoms with Crippen LogP contribution >= 0.6 is 0 Å². The summed E-state index contributed by atoms with van der Waals surface area (Å²) >= 11 is 0. The number of fused-ring (bicyclic) bond motifs is 1. The number of nitrogens with two attached hydrogens (primary N) is 1. The van der Waals surface area contributed by atoms with Crippen molar-refractivity contribution in [2.75, 3.05) is 19.7 Å². The van der Waals surface area contributed by atoms with Crippen LogP contribution in [0.3, 0.4) is 0 Å². The highest BCUT2D eigenvalue weighted by atomic mass is 16.5. The van der Waals surface area contributed by atoms with Gasteiger partial charge in [-0.2, -0.15) is 0 Å². The van der Waals surface area contributed by atoms with Gasteiger partial charge in [0.15, 0.2) is 6.61 Å². The molecule has 0 fully saturated rings. The van der Waals surface area contributed by atoms with E-state index >= 15 is 0 Å². The Bertz CT molecular complexity index is 537. The third-order valence-electron chi connectivity index (χ3n) is 2.43. The zero-order chi connectivity index (χ0) is 12.8. The quantitative estimate of drug-likeness (QED) is 0.812. The molecular formula is C13H15N3O2. The highest BCUT2D eigenvalue weighted by Gasteiger charge is 2.05. The standard InChI is InChI=1S/C13H15N3O2/c14-6-8-16-13(17)9-18-12-5-1-4-11-10(12)3-2-7-15-11/h1-5,7H,6,8-9,14H2,(H,16,17). The number of nitrogens with zero attached hydrogens (tertiary/aromatic N) is 1. The van der Waals surface area contributed by atoms with E-state index in [2.05, 4.69) is 10.3 Å². The van der Waals surface area contributed by atoms with Gasteiger partial charge < -0.3 is 15.8 Å². The molecule has 0 aliphatic rings. The third kappa shape index (κ3) is 2.95. The van der Waals surface area contributed by atoms with Crippen molar-refractivity contribution < 1.29 is 9.53 Å². The van der Waals surface area contributed by atoms with E-state index in [1.165, 1.54) is 0 Å². The molecule has 1 aromatic heterocycles. The fourth-order valence-corrected chi connectivity index (χ4v) is 1.61. The molecule has 0 saturated heterocycles. The molecule has 5 heteroatoms. The molecule has 0 aliphatic heterocycles. The summed E-state index contributed by atoms with van der Waals surface area (Å²) in [5, 5.41) is 3.54. The van der Waals surface area contributed by atoms with Crippen molar-refractivity contribution in [2.45, 2.75) is 0 Å². The minimum Gasteiger partial charge on any atom is -0.483 e. The number of amides is 1. The molecule has 0 bridgehead atoms. The molecular weight excluding hydrogens is 230 g/mol. The van der Waals surface area contributed by atoms with Crippen LogP contribution in [0.25, 0.3) is 10.9 Å². The van der Waals surface area contributed by atoms with Crippen molar-refractivity contribution in [1.29, 1.82) is 0 Å². The van der Waals surface area contributed by atoms with Crippen molar-refractivity contribution in [3.8, 4) is 5.75 Å². The molecule has 0 spiro atoms. The normalized spacial score (nSPS) is 10.3. The summed E-state index contributed by atoms with van der Waals surface area (Å²) in [6.45, 7) is 0.858. The molecule has 0 unspecified atom stereocenters. The number of carbonyl (C=O) groups is 1. The maximum absolute atomic E-state index is 11.4. The van der Waals surface area contributed by atoms with Crippen LogP contribution in [0.2, 0.25) is 0 Å². The molecule has 0 atom stereocenters. The van der Waals surface area contributed by atoms with Crippen LogP contribution in [-0.2, 0) is 4.79 Å². The van der Waals surface area contributed by atoms with Crippen LogP contribution in [0, 0.1) is 0 Å². The van der Waals surface area contributed by atoms with Crippen LogP contribution in [0.15, 0.2) is 36.5 Å². The SMILES string of the molecule is NCCNC(=O)COc1cccc2ncccc12. The zero-order valence-electron chi connectivity index (χ0n) is 9.93. The zero-order valence-corrected chi connectivity index (χ0v) is 9.93. The van der Waals surface area contributed by atoms with Gasteiger partial charge in [0.05, 0.1) is 5.52 Å². The van der Waals surface area contributed by atoms with Gasteiger partial charge in [0.1, 0.15) is 5.75 Å². The van der Waals surface area contributed by atoms with E-state index in [0.29, 0.717) is 18.8 Å². The third-order valence-corrected chi connectivity index (χ3v) is 2.43. The van der Waals surface area contributed by atoms with Gasteiger partial charge in [0, 0.05) is 24.7 Å². The fraction of sp³-hybridized carbons (Fsp3) is 0.231. The van der Waals surface area contributed by atoms with Crippen LogP contribution in [-0.4, -0.2) is 30.6 Å². The molecule has 2 rings (SSSR count). The lowest BCUT2D eigenvalue weighted by atomic mass is 10.2. The predicted octanol–water partition coefficient (Wildman–Crippen LogP) is 0.689. The van der Waals surface area contributed by atoms with E-state index in [0.717, 1.165) is 10.9 Å². The van der Waals surface area contributed by atoms with Gasteiger partial charge in [-0.1, -0.05) is 6.07 Å². The Labute approximate surface area is 105 Å². The van der Waals surface area contributed by atoms with E-state index in [9.17, 15) is 4.79 Å². The lowest BCUT2D eigenvalue weighted by molar-refractivity contribution is -0.123. The van der Waals surface area contributed by atoms with Gasteiger partial charge in [0.2, 0.25) is 0 Å². The van der Waals surface area contributed by atoms with E-state index in [4.69, 9.17) is 10.5 Å². The van der Waals surface area contributed by atoms with Crippen molar-refractivity contribution in [3.63, 3.8) is 0 Å². The Morgan fingerprint density at radius 2 is 2.22 bits per heavy atom. The number of aromatic nitrogens is 1. The number of nitrogens with one attached hydrogen (secondary N) is 1. The highest BCUT2D eigenvalue weighted by molar-refractivity contribution is 5.85. The second-order valence-electron chi connectivity index (χ2n) is 3.75. The first-order chi connectivity index (χ1) is 8.81. The second-order valence-corrected chi connectivity index (χ2v) is 3.75. The minimum atomic E-state index is -0.179. The molecule has 1 heterocycles.